The molecular formula is C18H18ClN3O3S. The van der Waals surface area contributed by atoms with E-state index in [1.54, 1.807) is 31.2 Å². The van der Waals surface area contributed by atoms with Crippen LogP contribution < -0.4 is 10.0 Å². The van der Waals surface area contributed by atoms with Crippen molar-refractivity contribution in [3.63, 3.8) is 0 Å². The van der Waals surface area contributed by atoms with E-state index in [-0.39, 0.29) is 16.6 Å². The Morgan fingerprint density at radius 1 is 1.23 bits per heavy atom. The van der Waals surface area contributed by atoms with Crippen LogP contribution in [-0.2, 0) is 21.2 Å². The normalized spacial score (nSPS) is 17.4. The molecule has 0 unspecified atom stereocenters. The molecular weight excluding hydrogens is 374 g/mol. The van der Waals surface area contributed by atoms with Crippen LogP contribution in [0.4, 0.5) is 0 Å². The maximum atomic E-state index is 12.2. The fourth-order valence-corrected chi connectivity index (χ4v) is 4.10. The number of amides is 1. The molecule has 1 aliphatic heterocycles. The maximum absolute atomic E-state index is 12.2. The fraction of sp³-hybridized carbons (Fsp3) is 0.222. The van der Waals surface area contributed by atoms with Gasteiger partial charge in [-0.05, 0) is 43.2 Å². The number of amidine groups is 1. The Morgan fingerprint density at radius 3 is 2.77 bits per heavy atom. The predicted octanol–water partition coefficient (Wildman–Crippen LogP) is 2.13. The highest BCUT2D eigenvalue weighted by Gasteiger charge is 2.31. The Balaban J connectivity index is 1.64. The molecule has 1 atom stereocenters. The van der Waals surface area contributed by atoms with E-state index >= 15 is 0 Å². The van der Waals surface area contributed by atoms with Gasteiger partial charge in [0.1, 0.15) is 11.9 Å². The molecule has 0 saturated heterocycles. The van der Waals surface area contributed by atoms with Gasteiger partial charge in [-0.25, -0.2) is 8.42 Å². The van der Waals surface area contributed by atoms with Crippen LogP contribution in [0.3, 0.4) is 0 Å². The molecule has 0 fully saturated rings. The quantitative estimate of drug-likeness (QED) is 0.818. The number of carbonyl (C=O) groups excluding carboxylic acids is 1. The molecule has 2 aromatic carbocycles. The molecule has 1 heterocycles. The minimum Gasteiger partial charge on any atom is -0.354 e. The Bertz CT molecular complexity index is 973. The topological polar surface area (TPSA) is 87.6 Å². The number of halogens is 1. The molecule has 1 amide bonds. The average molecular weight is 392 g/mol. The summed E-state index contributed by atoms with van der Waals surface area (Å²) >= 11 is 5.94. The van der Waals surface area contributed by atoms with Crippen LogP contribution in [0.2, 0.25) is 5.02 Å². The van der Waals surface area contributed by atoms with Crippen molar-refractivity contribution in [2.75, 3.05) is 6.54 Å². The van der Waals surface area contributed by atoms with Gasteiger partial charge in [0.25, 0.3) is 10.0 Å². The van der Waals surface area contributed by atoms with Crippen molar-refractivity contribution in [3.8, 4) is 0 Å². The van der Waals surface area contributed by atoms with E-state index < -0.39 is 16.1 Å². The molecule has 26 heavy (non-hydrogen) atoms. The summed E-state index contributed by atoms with van der Waals surface area (Å²) in [4.78, 5) is 16.7. The maximum Gasteiger partial charge on any atom is 0.263 e. The van der Waals surface area contributed by atoms with E-state index in [0.717, 1.165) is 5.56 Å². The van der Waals surface area contributed by atoms with Gasteiger partial charge in [0.2, 0.25) is 5.91 Å². The lowest BCUT2D eigenvalue weighted by atomic mass is 10.1. The van der Waals surface area contributed by atoms with Crippen LogP contribution in [0, 0.1) is 0 Å². The van der Waals surface area contributed by atoms with Gasteiger partial charge in [-0.15, -0.1) is 0 Å². The van der Waals surface area contributed by atoms with Crippen molar-refractivity contribution in [1.82, 2.24) is 10.0 Å². The van der Waals surface area contributed by atoms with Gasteiger partial charge < -0.3 is 5.32 Å². The number of nitrogens with zero attached hydrogens (tertiary/aromatic N) is 1. The standard InChI is InChI=1S/C18H18ClN3O3S/c1-12(18(23)20-10-9-13-5-4-6-14(19)11-13)21-17-15-7-2-3-8-16(15)26(24,25)22-17/h2-8,11-12H,9-10H2,1H3,(H,20,23)(H,21,22)/t12-/m0/s1. The van der Waals surface area contributed by atoms with Gasteiger partial charge in [0.05, 0.1) is 4.90 Å². The number of fused-ring (bicyclic) bond motifs is 1. The third-order valence-electron chi connectivity index (χ3n) is 3.97. The van der Waals surface area contributed by atoms with Crippen LogP contribution in [0.25, 0.3) is 0 Å². The third-order valence-corrected chi connectivity index (χ3v) is 5.60. The van der Waals surface area contributed by atoms with E-state index in [4.69, 9.17) is 11.6 Å². The van der Waals surface area contributed by atoms with Gasteiger partial charge in [0, 0.05) is 17.1 Å². The summed E-state index contributed by atoms with van der Waals surface area (Å²) in [5.74, 6) is -0.0822. The van der Waals surface area contributed by atoms with Gasteiger partial charge in [-0.1, -0.05) is 35.9 Å². The first-order valence-electron chi connectivity index (χ1n) is 8.09. The van der Waals surface area contributed by atoms with Gasteiger partial charge in [-0.2, -0.15) is 0 Å². The number of rotatable bonds is 5. The number of hydrogen-bond donors (Lipinski definition) is 2. The van der Waals surface area contributed by atoms with E-state index in [9.17, 15) is 13.2 Å². The van der Waals surface area contributed by atoms with Crippen LogP contribution in [-0.4, -0.2) is 32.7 Å². The summed E-state index contributed by atoms with van der Waals surface area (Å²) < 4.78 is 26.5. The van der Waals surface area contributed by atoms with Crippen molar-refractivity contribution < 1.29 is 13.2 Å². The first-order chi connectivity index (χ1) is 12.4. The number of sulfonamides is 1. The zero-order valence-corrected chi connectivity index (χ0v) is 15.6. The minimum atomic E-state index is -3.61. The highest BCUT2D eigenvalue weighted by atomic mass is 35.5. The molecule has 0 spiro atoms. The summed E-state index contributed by atoms with van der Waals surface area (Å²) in [6, 6.07) is 13.3. The molecule has 2 aromatic rings. The summed E-state index contributed by atoms with van der Waals surface area (Å²) in [6.45, 7) is 2.06. The van der Waals surface area contributed by atoms with Crippen LogP contribution in [0.1, 0.15) is 18.1 Å². The molecule has 6 nitrogen and oxygen atoms in total. The predicted molar refractivity (Wildman–Crippen MR) is 101 cm³/mol. The molecule has 0 aromatic heterocycles. The number of carbonyl (C=O) groups is 1. The van der Waals surface area contributed by atoms with Gasteiger partial charge in [-0.3, -0.25) is 14.5 Å². The van der Waals surface area contributed by atoms with Crippen molar-refractivity contribution in [2.24, 2.45) is 4.99 Å². The smallest absolute Gasteiger partial charge is 0.263 e. The lowest BCUT2D eigenvalue weighted by molar-refractivity contribution is -0.121. The number of hydrogen-bond acceptors (Lipinski definition) is 4. The van der Waals surface area contributed by atoms with Gasteiger partial charge >= 0.3 is 0 Å². The lowest BCUT2D eigenvalue weighted by Crippen LogP contribution is -2.35. The van der Waals surface area contributed by atoms with Crippen molar-refractivity contribution in [3.05, 3.63) is 64.7 Å². The van der Waals surface area contributed by atoms with Crippen molar-refractivity contribution in [2.45, 2.75) is 24.3 Å². The number of benzene rings is 2. The first kappa shape index (κ1) is 18.4. The molecule has 0 radical (unpaired) electrons. The lowest BCUT2D eigenvalue weighted by Gasteiger charge is -2.10. The molecule has 136 valence electrons. The van der Waals surface area contributed by atoms with E-state index in [0.29, 0.717) is 23.6 Å². The number of nitrogens with one attached hydrogen (secondary N) is 2. The van der Waals surface area contributed by atoms with Crippen LogP contribution >= 0.6 is 11.6 Å². The molecule has 8 heteroatoms. The summed E-state index contributed by atoms with van der Waals surface area (Å²) in [5, 5.41) is 3.46. The highest BCUT2D eigenvalue weighted by Crippen LogP contribution is 2.22. The van der Waals surface area contributed by atoms with Crippen molar-refractivity contribution >= 4 is 33.4 Å². The SMILES string of the molecule is C[C@H](N=C1NS(=O)(=O)c2ccccc21)C(=O)NCCc1cccc(Cl)c1. The number of aliphatic imine (C=N–C) groups is 1. The summed E-state index contributed by atoms with van der Waals surface area (Å²) in [5.41, 5.74) is 1.50. The van der Waals surface area contributed by atoms with E-state index in [1.165, 1.54) is 6.07 Å². The fourth-order valence-electron chi connectivity index (χ4n) is 2.65. The molecule has 0 aliphatic carbocycles. The molecule has 0 saturated carbocycles. The second-order valence-electron chi connectivity index (χ2n) is 5.93. The largest absolute Gasteiger partial charge is 0.354 e. The molecule has 3 rings (SSSR count). The average Bonchev–Trinajstić information content (AvgIpc) is 2.86. The second kappa shape index (κ2) is 7.47. The third kappa shape index (κ3) is 4.05. The second-order valence-corrected chi connectivity index (χ2v) is 8.01. The molecule has 1 aliphatic rings. The van der Waals surface area contributed by atoms with E-state index in [2.05, 4.69) is 15.0 Å². The van der Waals surface area contributed by atoms with E-state index in [1.807, 2.05) is 18.2 Å². The first-order valence-corrected chi connectivity index (χ1v) is 9.95. The Labute approximate surface area is 157 Å². The molecule has 0 bridgehead atoms. The van der Waals surface area contributed by atoms with Crippen LogP contribution in [0.5, 0.6) is 0 Å². The van der Waals surface area contributed by atoms with Crippen LogP contribution in [0.15, 0.2) is 58.4 Å². The monoisotopic (exact) mass is 391 g/mol. The Morgan fingerprint density at radius 2 is 2.00 bits per heavy atom. The minimum absolute atomic E-state index is 0.173. The van der Waals surface area contributed by atoms with Crippen molar-refractivity contribution in [1.29, 1.82) is 0 Å². The zero-order valence-electron chi connectivity index (χ0n) is 14.1. The van der Waals surface area contributed by atoms with Gasteiger partial charge in [0.15, 0.2) is 0 Å². The highest BCUT2D eigenvalue weighted by molar-refractivity contribution is 7.90. The zero-order chi connectivity index (χ0) is 18.7. The Hall–Kier alpha value is -2.38. The Kier molecular flexibility index (Phi) is 5.29. The molecule has 2 N–H and O–H groups in total. The summed E-state index contributed by atoms with van der Waals surface area (Å²) in [7, 11) is -3.61. The summed E-state index contributed by atoms with van der Waals surface area (Å²) in [6.07, 6.45) is 0.644.